The predicted molar refractivity (Wildman–Crippen MR) is 66.1 cm³/mol. The van der Waals surface area contributed by atoms with E-state index < -0.39 is 10.0 Å². The van der Waals surface area contributed by atoms with E-state index in [0.29, 0.717) is 29.5 Å². The van der Waals surface area contributed by atoms with E-state index in [0.717, 1.165) is 38.5 Å². The molecule has 0 aliphatic heterocycles. The average Bonchev–Trinajstić information content (AvgIpc) is 3.00. The van der Waals surface area contributed by atoms with E-state index in [4.69, 9.17) is 11.6 Å². The Kier molecular flexibility index (Phi) is 4.14. The molecule has 94 valence electrons. The van der Waals surface area contributed by atoms with Crippen LogP contribution in [0.1, 0.15) is 38.5 Å². The molecule has 2 aliphatic rings. The molecule has 0 saturated heterocycles. The van der Waals surface area contributed by atoms with Gasteiger partial charge in [0.2, 0.25) is 10.0 Å². The highest BCUT2D eigenvalue weighted by Gasteiger charge is 2.28. The van der Waals surface area contributed by atoms with Gasteiger partial charge in [0.15, 0.2) is 0 Å². The number of nitrogens with one attached hydrogen (secondary N) is 1. The highest BCUT2D eigenvalue weighted by Crippen LogP contribution is 2.30. The van der Waals surface area contributed by atoms with Gasteiger partial charge in [-0.05, 0) is 50.4 Å². The second kappa shape index (κ2) is 5.23. The average molecular weight is 266 g/mol. The van der Waals surface area contributed by atoms with Crippen LogP contribution in [0.3, 0.4) is 0 Å². The molecular weight excluding hydrogens is 246 g/mol. The van der Waals surface area contributed by atoms with Crippen LogP contribution in [-0.4, -0.2) is 26.1 Å². The Morgan fingerprint density at radius 2 is 1.56 bits per heavy atom. The lowest BCUT2D eigenvalue weighted by atomic mass is 9.89. The summed E-state index contributed by atoms with van der Waals surface area (Å²) in [5, 5.41) is 0.305. The molecule has 0 spiro atoms. The molecule has 0 heterocycles. The van der Waals surface area contributed by atoms with Gasteiger partial charge in [-0.25, -0.2) is 13.1 Å². The molecule has 0 amide bonds. The summed E-state index contributed by atoms with van der Waals surface area (Å²) in [4.78, 5) is 0. The molecule has 3 nitrogen and oxygen atoms in total. The van der Waals surface area contributed by atoms with Gasteiger partial charge in [-0.15, -0.1) is 11.6 Å². The normalized spacial score (nSPS) is 31.6. The molecule has 2 fully saturated rings. The van der Waals surface area contributed by atoms with Crippen LogP contribution in [0.25, 0.3) is 0 Å². The van der Waals surface area contributed by atoms with Crippen LogP contribution in [0.15, 0.2) is 0 Å². The van der Waals surface area contributed by atoms with Gasteiger partial charge in [-0.3, -0.25) is 0 Å². The molecule has 0 aromatic heterocycles. The van der Waals surface area contributed by atoms with E-state index in [1.165, 1.54) is 0 Å². The Balaban J connectivity index is 1.69. The maximum absolute atomic E-state index is 11.7. The Bertz CT molecular complexity index is 319. The molecular formula is C11H20ClNO2S. The predicted octanol–water partition coefficient (Wildman–Crippen LogP) is 2.11. The summed E-state index contributed by atoms with van der Waals surface area (Å²) < 4.78 is 26.0. The minimum Gasteiger partial charge on any atom is -0.215 e. The summed E-state index contributed by atoms with van der Waals surface area (Å²) >= 11 is 6.01. The lowest BCUT2D eigenvalue weighted by Gasteiger charge is -2.24. The highest BCUT2D eigenvalue weighted by atomic mass is 35.5. The van der Waals surface area contributed by atoms with Crippen molar-refractivity contribution in [2.75, 3.05) is 12.3 Å². The van der Waals surface area contributed by atoms with Crippen LogP contribution >= 0.6 is 11.6 Å². The van der Waals surface area contributed by atoms with E-state index in [2.05, 4.69) is 4.72 Å². The molecule has 2 rings (SSSR count). The van der Waals surface area contributed by atoms with E-state index >= 15 is 0 Å². The second-order valence-corrected chi connectivity index (χ2v) is 7.66. The summed E-state index contributed by atoms with van der Waals surface area (Å²) in [6, 6.07) is 0. The zero-order valence-electron chi connectivity index (χ0n) is 9.49. The Hall–Kier alpha value is 0.200. The smallest absolute Gasteiger partial charge is 0.211 e. The van der Waals surface area contributed by atoms with Gasteiger partial charge < -0.3 is 0 Å². The van der Waals surface area contributed by atoms with Crippen molar-refractivity contribution in [2.45, 2.75) is 43.9 Å². The summed E-state index contributed by atoms with van der Waals surface area (Å²) in [5.41, 5.74) is 0. The first-order chi connectivity index (χ1) is 7.55. The summed E-state index contributed by atoms with van der Waals surface area (Å²) in [6.07, 6.45) is 6.32. The zero-order chi connectivity index (χ0) is 11.6. The van der Waals surface area contributed by atoms with Crippen molar-refractivity contribution in [2.24, 2.45) is 11.8 Å². The minimum atomic E-state index is -3.01. The third kappa shape index (κ3) is 4.22. The molecule has 1 N–H and O–H groups in total. The monoisotopic (exact) mass is 265 g/mol. The fourth-order valence-electron chi connectivity index (χ4n) is 2.22. The Labute approximate surface area is 103 Å². The van der Waals surface area contributed by atoms with Crippen LogP contribution in [0.4, 0.5) is 0 Å². The first kappa shape index (κ1) is 12.7. The molecule has 2 saturated carbocycles. The van der Waals surface area contributed by atoms with E-state index in [1.807, 2.05) is 0 Å². The SMILES string of the molecule is O=S(=O)(CC1CC1)NCC1CCC(Cl)CC1. The van der Waals surface area contributed by atoms with Gasteiger partial charge in [-0.2, -0.15) is 0 Å². The van der Waals surface area contributed by atoms with E-state index in [-0.39, 0.29) is 0 Å². The number of sulfonamides is 1. The van der Waals surface area contributed by atoms with Gasteiger partial charge in [-0.1, -0.05) is 0 Å². The fourth-order valence-corrected chi connectivity index (χ4v) is 4.04. The van der Waals surface area contributed by atoms with Crippen molar-refractivity contribution in [3.05, 3.63) is 0 Å². The number of hydrogen-bond donors (Lipinski definition) is 1. The van der Waals surface area contributed by atoms with Crippen molar-refractivity contribution < 1.29 is 8.42 Å². The van der Waals surface area contributed by atoms with Crippen LogP contribution in [0, 0.1) is 11.8 Å². The summed E-state index contributed by atoms with van der Waals surface area (Å²) in [5.74, 6) is 1.25. The largest absolute Gasteiger partial charge is 0.215 e. The van der Waals surface area contributed by atoms with E-state index in [1.54, 1.807) is 0 Å². The lowest BCUT2D eigenvalue weighted by molar-refractivity contribution is 0.361. The van der Waals surface area contributed by atoms with Crippen LogP contribution in [0.2, 0.25) is 0 Å². The number of halogens is 1. The van der Waals surface area contributed by atoms with E-state index in [9.17, 15) is 8.42 Å². The molecule has 16 heavy (non-hydrogen) atoms. The molecule has 0 unspecified atom stereocenters. The number of rotatable bonds is 5. The standard InChI is InChI=1S/C11H20ClNO2S/c12-11-5-3-9(4-6-11)7-13-16(14,15)8-10-1-2-10/h9-11,13H,1-8H2. The fraction of sp³-hybridized carbons (Fsp3) is 1.00. The van der Waals surface area contributed by atoms with Crippen molar-refractivity contribution in [3.63, 3.8) is 0 Å². The number of alkyl halides is 1. The van der Waals surface area contributed by atoms with Gasteiger partial charge in [0.05, 0.1) is 5.75 Å². The second-order valence-electron chi connectivity index (χ2n) is 5.19. The Morgan fingerprint density at radius 3 is 2.12 bits per heavy atom. The van der Waals surface area contributed by atoms with Crippen LogP contribution < -0.4 is 4.72 Å². The van der Waals surface area contributed by atoms with Crippen molar-refractivity contribution in [1.82, 2.24) is 4.72 Å². The minimum absolute atomic E-state index is 0.305. The lowest BCUT2D eigenvalue weighted by Crippen LogP contribution is -2.33. The van der Waals surface area contributed by atoms with Crippen LogP contribution in [0.5, 0.6) is 0 Å². The maximum Gasteiger partial charge on any atom is 0.211 e. The third-order valence-corrected chi connectivity index (χ3v) is 5.47. The van der Waals surface area contributed by atoms with Gasteiger partial charge in [0, 0.05) is 11.9 Å². The summed E-state index contributed by atoms with van der Waals surface area (Å²) in [7, 11) is -3.01. The quantitative estimate of drug-likeness (QED) is 0.774. The van der Waals surface area contributed by atoms with Crippen molar-refractivity contribution in [3.8, 4) is 0 Å². The topological polar surface area (TPSA) is 46.2 Å². The first-order valence-corrected chi connectivity index (χ1v) is 8.25. The first-order valence-electron chi connectivity index (χ1n) is 6.16. The molecule has 0 atom stereocenters. The van der Waals surface area contributed by atoms with Gasteiger partial charge >= 0.3 is 0 Å². The number of hydrogen-bond acceptors (Lipinski definition) is 2. The van der Waals surface area contributed by atoms with Crippen LogP contribution in [-0.2, 0) is 10.0 Å². The van der Waals surface area contributed by atoms with Gasteiger partial charge in [0.25, 0.3) is 0 Å². The summed E-state index contributed by atoms with van der Waals surface area (Å²) in [6.45, 7) is 0.610. The maximum atomic E-state index is 11.7. The molecule has 0 radical (unpaired) electrons. The molecule has 5 heteroatoms. The van der Waals surface area contributed by atoms with Crippen molar-refractivity contribution in [1.29, 1.82) is 0 Å². The van der Waals surface area contributed by atoms with Crippen molar-refractivity contribution >= 4 is 21.6 Å². The Morgan fingerprint density at radius 1 is 1.00 bits per heavy atom. The molecule has 2 aliphatic carbocycles. The van der Waals surface area contributed by atoms with Gasteiger partial charge in [0.1, 0.15) is 0 Å². The molecule has 0 aromatic carbocycles. The molecule has 0 bridgehead atoms. The zero-order valence-corrected chi connectivity index (χ0v) is 11.1. The highest BCUT2D eigenvalue weighted by molar-refractivity contribution is 7.89. The third-order valence-electron chi connectivity index (χ3n) is 3.52. The molecule has 0 aromatic rings.